The van der Waals surface area contributed by atoms with Crippen molar-refractivity contribution in [3.8, 4) is 5.75 Å². The van der Waals surface area contributed by atoms with Gasteiger partial charge in [0.2, 0.25) is 15.9 Å². The van der Waals surface area contributed by atoms with Crippen LogP contribution in [-0.2, 0) is 19.6 Å². The summed E-state index contributed by atoms with van der Waals surface area (Å²) < 4.78 is 31.2. The van der Waals surface area contributed by atoms with Crippen molar-refractivity contribution in [2.75, 3.05) is 30.0 Å². The van der Waals surface area contributed by atoms with Gasteiger partial charge in [0, 0.05) is 25.5 Å². The standard InChI is InChI=1S/C20H24N4O5S/c1-12(21-15-8-9-18-17(11-15)23-20(26)13(2)29-18)19(25)22-14-6-5-7-16(10-14)30(27,28)24(3)4/h5-13,21H,1-4H3,(H,22,25)(H,23,26)/t12-,13-/m1/s1. The molecule has 0 saturated heterocycles. The fraction of sp³-hybridized carbons (Fsp3) is 0.300. The first-order valence-corrected chi connectivity index (χ1v) is 10.7. The van der Waals surface area contributed by atoms with E-state index in [2.05, 4.69) is 16.0 Å². The Morgan fingerprint density at radius 3 is 2.60 bits per heavy atom. The molecule has 10 heteroatoms. The second-order valence-electron chi connectivity index (χ2n) is 7.13. The Morgan fingerprint density at radius 2 is 1.90 bits per heavy atom. The molecular formula is C20H24N4O5S. The van der Waals surface area contributed by atoms with Crippen molar-refractivity contribution in [3.05, 3.63) is 42.5 Å². The van der Waals surface area contributed by atoms with E-state index in [9.17, 15) is 18.0 Å². The summed E-state index contributed by atoms with van der Waals surface area (Å²) in [6, 6.07) is 10.6. The minimum atomic E-state index is -3.60. The molecule has 9 nitrogen and oxygen atoms in total. The number of sulfonamides is 1. The molecule has 0 radical (unpaired) electrons. The second-order valence-corrected chi connectivity index (χ2v) is 9.28. The number of anilines is 3. The highest BCUT2D eigenvalue weighted by Crippen LogP contribution is 2.32. The van der Waals surface area contributed by atoms with Crippen molar-refractivity contribution >= 4 is 38.9 Å². The van der Waals surface area contributed by atoms with Gasteiger partial charge in [-0.1, -0.05) is 6.07 Å². The van der Waals surface area contributed by atoms with E-state index in [1.807, 2.05) is 0 Å². The Labute approximate surface area is 175 Å². The fourth-order valence-electron chi connectivity index (χ4n) is 2.81. The Balaban J connectivity index is 1.69. The number of fused-ring (bicyclic) bond motifs is 1. The number of carbonyl (C=O) groups is 2. The van der Waals surface area contributed by atoms with E-state index < -0.39 is 22.2 Å². The minimum absolute atomic E-state index is 0.0885. The number of ether oxygens (including phenoxy) is 1. The van der Waals surface area contributed by atoms with Crippen LogP contribution in [0, 0.1) is 0 Å². The summed E-state index contributed by atoms with van der Waals surface area (Å²) in [4.78, 5) is 24.4. The van der Waals surface area contributed by atoms with Gasteiger partial charge in [-0.2, -0.15) is 0 Å². The van der Waals surface area contributed by atoms with Crippen molar-refractivity contribution in [3.63, 3.8) is 0 Å². The predicted molar refractivity (Wildman–Crippen MR) is 114 cm³/mol. The summed E-state index contributed by atoms with van der Waals surface area (Å²) in [5, 5.41) is 8.52. The average molecular weight is 433 g/mol. The van der Waals surface area contributed by atoms with Gasteiger partial charge in [-0.05, 0) is 50.2 Å². The summed E-state index contributed by atoms with van der Waals surface area (Å²) in [5.74, 6) is -0.0253. The smallest absolute Gasteiger partial charge is 0.265 e. The molecule has 1 heterocycles. The summed E-state index contributed by atoms with van der Waals surface area (Å²) in [6.45, 7) is 3.34. The number of amides is 2. The summed E-state index contributed by atoms with van der Waals surface area (Å²) in [7, 11) is -0.714. The van der Waals surface area contributed by atoms with Gasteiger partial charge < -0.3 is 20.7 Å². The lowest BCUT2D eigenvalue weighted by Gasteiger charge is -2.24. The molecule has 0 saturated carbocycles. The van der Waals surface area contributed by atoms with E-state index in [0.29, 0.717) is 22.8 Å². The van der Waals surface area contributed by atoms with Crippen molar-refractivity contribution in [2.24, 2.45) is 0 Å². The molecule has 30 heavy (non-hydrogen) atoms. The largest absolute Gasteiger partial charge is 0.479 e. The molecule has 0 spiro atoms. The third-order valence-electron chi connectivity index (χ3n) is 4.57. The minimum Gasteiger partial charge on any atom is -0.479 e. The van der Waals surface area contributed by atoms with Gasteiger partial charge in [-0.3, -0.25) is 9.59 Å². The predicted octanol–water partition coefficient (Wildman–Crippen LogP) is 2.10. The normalized spacial score (nSPS) is 16.8. The Hall–Kier alpha value is -3.11. The highest BCUT2D eigenvalue weighted by atomic mass is 32.2. The molecule has 1 aliphatic rings. The summed E-state index contributed by atoms with van der Waals surface area (Å²) >= 11 is 0. The number of rotatable bonds is 6. The fourth-order valence-corrected chi connectivity index (χ4v) is 3.76. The van der Waals surface area contributed by atoms with Crippen LogP contribution in [0.5, 0.6) is 5.75 Å². The maximum absolute atomic E-state index is 12.6. The highest BCUT2D eigenvalue weighted by molar-refractivity contribution is 7.89. The number of nitrogens with zero attached hydrogens (tertiary/aromatic N) is 1. The van der Waals surface area contributed by atoms with Crippen LogP contribution in [0.1, 0.15) is 13.8 Å². The number of hydrogen-bond donors (Lipinski definition) is 3. The quantitative estimate of drug-likeness (QED) is 0.644. The molecule has 2 atom stereocenters. The molecule has 1 aliphatic heterocycles. The molecule has 3 N–H and O–H groups in total. The lowest BCUT2D eigenvalue weighted by atomic mass is 10.2. The van der Waals surface area contributed by atoms with Crippen LogP contribution in [0.2, 0.25) is 0 Å². The van der Waals surface area contributed by atoms with E-state index in [1.165, 1.54) is 26.2 Å². The van der Waals surface area contributed by atoms with Crippen LogP contribution in [0.25, 0.3) is 0 Å². The molecule has 2 aromatic carbocycles. The maximum atomic E-state index is 12.6. The van der Waals surface area contributed by atoms with Gasteiger partial charge in [-0.15, -0.1) is 0 Å². The van der Waals surface area contributed by atoms with E-state index in [-0.39, 0.29) is 16.7 Å². The van der Waals surface area contributed by atoms with Gasteiger partial charge in [0.05, 0.1) is 10.6 Å². The zero-order chi connectivity index (χ0) is 22.1. The first-order chi connectivity index (χ1) is 14.1. The third-order valence-corrected chi connectivity index (χ3v) is 6.38. The van der Waals surface area contributed by atoms with Gasteiger partial charge in [-0.25, -0.2) is 12.7 Å². The average Bonchev–Trinajstić information content (AvgIpc) is 2.69. The van der Waals surface area contributed by atoms with Crippen molar-refractivity contribution in [2.45, 2.75) is 30.9 Å². The van der Waals surface area contributed by atoms with Gasteiger partial charge in [0.25, 0.3) is 5.91 Å². The first-order valence-electron chi connectivity index (χ1n) is 9.29. The van der Waals surface area contributed by atoms with Crippen LogP contribution in [0.15, 0.2) is 47.4 Å². The van der Waals surface area contributed by atoms with E-state index in [1.54, 1.807) is 44.2 Å². The van der Waals surface area contributed by atoms with Gasteiger partial charge >= 0.3 is 0 Å². The zero-order valence-electron chi connectivity index (χ0n) is 17.1. The molecule has 3 rings (SSSR count). The van der Waals surface area contributed by atoms with Crippen LogP contribution in [-0.4, -0.2) is 50.8 Å². The SMILES string of the molecule is C[C@@H](Nc1ccc2c(c1)NC(=O)[C@@H](C)O2)C(=O)Nc1cccc(S(=O)(=O)N(C)C)c1. The molecule has 0 fully saturated rings. The molecule has 0 aliphatic carbocycles. The van der Waals surface area contributed by atoms with E-state index >= 15 is 0 Å². The zero-order valence-corrected chi connectivity index (χ0v) is 17.9. The molecule has 0 bridgehead atoms. The molecule has 2 aromatic rings. The summed E-state index contributed by atoms with van der Waals surface area (Å²) in [6.07, 6.45) is -0.562. The summed E-state index contributed by atoms with van der Waals surface area (Å²) in [5.41, 5.74) is 1.52. The highest BCUT2D eigenvalue weighted by Gasteiger charge is 2.24. The molecule has 2 amide bonds. The third kappa shape index (κ3) is 4.55. The maximum Gasteiger partial charge on any atom is 0.265 e. The Bertz CT molecular complexity index is 1080. The number of carbonyl (C=O) groups excluding carboxylic acids is 2. The van der Waals surface area contributed by atoms with Crippen LogP contribution < -0.4 is 20.7 Å². The van der Waals surface area contributed by atoms with Crippen molar-refractivity contribution in [1.82, 2.24) is 4.31 Å². The Morgan fingerprint density at radius 1 is 1.17 bits per heavy atom. The van der Waals surface area contributed by atoms with Gasteiger partial charge in [0.15, 0.2) is 6.10 Å². The topological polar surface area (TPSA) is 117 Å². The van der Waals surface area contributed by atoms with Crippen LogP contribution >= 0.6 is 0 Å². The molecule has 0 unspecified atom stereocenters. The second kappa shape index (κ2) is 8.33. The molecule has 0 aromatic heterocycles. The van der Waals surface area contributed by atoms with Crippen LogP contribution in [0.4, 0.5) is 17.1 Å². The molecular weight excluding hydrogens is 408 g/mol. The van der Waals surface area contributed by atoms with Crippen molar-refractivity contribution in [1.29, 1.82) is 0 Å². The van der Waals surface area contributed by atoms with E-state index in [4.69, 9.17) is 4.74 Å². The van der Waals surface area contributed by atoms with Crippen LogP contribution in [0.3, 0.4) is 0 Å². The Kier molecular flexibility index (Phi) is 5.99. The number of nitrogens with one attached hydrogen (secondary N) is 3. The first kappa shape index (κ1) is 21.6. The monoisotopic (exact) mass is 432 g/mol. The number of hydrogen-bond acceptors (Lipinski definition) is 6. The molecule has 160 valence electrons. The lowest BCUT2D eigenvalue weighted by Crippen LogP contribution is -2.34. The van der Waals surface area contributed by atoms with E-state index in [0.717, 1.165) is 4.31 Å². The lowest BCUT2D eigenvalue weighted by molar-refractivity contribution is -0.122. The number of benzene rings is 2. The van der Waals surface area contributed by atoms with Crippen molar-refractivity contribution < 1.29 is 22.7 Å². The van der Waals surface area contributed by atoms with Gasteiger partial charge in [0.1, 0.15) is 11.8 Å².